The Morgan fingerprint density at radius 1 is 1.36 bits per heavy atom. The molecule has 0 saturated carbocycles. The van der Waals surface area contributed by atoms with Crippen LogP contribution in [0.1, 0.15) is 73.3 Å². The number of nitrogens with zero attached hydrogens (tertiary/aromatic N) is 3. The molecule has 2 amide bonds. The Morgan fingerprint density at radius 2 is 2.16 bits per heavy atom. The summed E-state index contributed by atoms with van der Waals surface area (Å²) in [6.07, 6.45) is 4.30. The fourth-order valence-corrected chi connectivity index (χ4v) is 4.39. The molecule has 0 aliphatic carbocycles. The average molecular weight is 362 g/mol. The third-order valence-electron chi connectivity index (χ3n) is 4.88. The largest absolute Gasteiger partial charge is 0.323 e. The Hall–Kier alpha value is -1.89. The number of aryl methyl sites for hydroxylation is 2. The summed E-state index contributed by atoms with van der Waals surface area (Å²) >= 11 is 1.59. The lowest BCUT2D eigenvalue weighted by Crippen LogP contribution is -2.38. The summed E-state index contributed by atoms with van der Waals surface area (Å²) in [5.41, 5.74) is 5.01. The number of rotatable bonds is 3. The van der Waals surface area contributed by atoms with E-state index in [1.54, 1.807) is 16.8 Å². The van der Waals surface area contributed by atoms with Crippen LogP contribution in [-0.2, 0) is 0 Å². The average Bonchev–Trinajstić information content (AvgIpc) is 3.07. The molecule has 1 unspecified atom stereocenters. The van der Waals surface area contributed by atoms with Crippen molar-refractivity contribution in [3.05, 3.63) is 27.3 Å². The molecule has 7 heteroatoms. The minimum atomic E-state index is -0.0558. The van der Waals surface area contributed by atoms with Gasteiger partial charge in [0.25, 0.3) is 0 Å². The number of anilines is 1. The molecule has 2 aromatic heterocycles. The van der Waals surface area contributed by atoms with Crippen LogP contribution in [0.5, 0.6) is 0 Å². The lowest BCUT2D eigenvalue weighted by Gasteiger charge is -2.30. The van der Waals surface area contributed by atoms with E-state index in [2.05, 4.69) is 34.3 Å². The Labute approximate surface area is 153 Å². The molecule has 136 valence electrons. The summed E-state index contributed by atoms with van der Waals surface area (Å²) in [6, 6.07) is 0.0158. The first-order valence-electron chi connectivity index (χ1n) is 9.01. The Morgan fingerprint density at radius 3 is 2.84 bits per heavy atom. The molecule has 3 rings (SSSR count). The molecular formula is C18H27N5OS. The number of thiazole rings is 1. The molecule has 1 saturated heterocycles. The normalized spacial score (nSPS) is 18.4. The van der Waals surface area contributed by atoms with Crippen LogP contribution in [0.3, 0.4) is 0 Å². The molecule has 6 nitrogen and oxygen atoms in total. The van der Waals surface area contributed by atoms with Gasteiger partial charge >= 0.3 is 6.03 Å². The number of amides is 2. The van der Waals surface area contributed by atoms with Gasteiger partial charge < -0.3 is 4.90 Å². The van der Waals surface area contributed by atoms with Crippen LogP contribution in [0.25, 0.3) is 0 Å². The van der Waals surface area contributed by atoms with Crippen molar-refractivity contribution < 1.29 is 4.79 Å². The van der Waals surface area contributed by atoms with E-state index in [9.17, 15) is 4.79 Å². The lowest BCUT2D eigenvalue weighted by molar-refractivity contribution is 0.189. The molecule has 1 atom stereocenters. The number of H-pyrrole nitrogens is 1. The first-order chi connectivity index (χ1) is 12.0. The van der Waals surface area contributed by atoms with Crippen LogP contribution in [-0.4, -0.2) is 32.7 Å². The first-order valence-corrected chi connectivity index (χ1v) is 9.89. The van der Waals surface area contributed by atoms with Crippen molar-refractivity contribution in [1.82, 2.24) is 20.1 Å². The number of hydrogen-bond acceptors (Lipinski definition) is 4. The van der Waals surface area contributed by atoms with Gasteiger partial charge in [-0.3, -0.25) is 10.4 Å². The number of urea groups is 1. The maximum absolute atomic E-state index is 13.1. The molecule has 0 bridgehead atoms. The van der Waals surface area contributed by atoms with Crippen LogP contribution < -0.4 is 5.32 Å². The lowest BCUT2D eigenvalue weighted by atomic mass is 9.99. The van der Waals surface area contributed by atoms with Gasteiger partial charge in [0.05, 0.1) is 22.1 Å². The summed E-state index contributed by atoms with van der Waals surface area (Å²) in [5.74, 6) is 1.05. The van der Waals surface area contributed by atoms with Crippen molar-refractivity contribution in [3.8, 4) is 0 Å². The zero-order chi connectivity index (χ0) is 18.0. The molecule has 2 aromatic rings. The van der Waals surface area contributed by atoms with Gasteiger partial charge in [-0.05, 0) is 32.6 Å². The Balaban J connectivity index is 1.86. The van der Waals surface area contributed by atoms with E-state index in [1.807, 2.05) is 18.7 Å². The number of carbonyl (C=O) groups is 1. The zero-order valence-corrected chi connectivity index (χ0v) is 16.2. The third-order valence-corrected chi connectivity index (χ3v) is 6.01. The second-order valence-corrected chi connectivity index (χ2v) is 7.94. The highest BCUT2D eigenvalue weighted by atomic mass is 32.1. The standard InChI is InChI=1S/C18H27N5OS/c1-11(2)16-17(19-10-25-16)20-18(24)23-9-7-5-6-8-14(23)15-12(3)21-22-13(15)4/h10-11,14H,5-9H2,1-4H3,(H,20,24)(H,21,22). The number of hydrogen-bond donors (Lipinski definition) is 2. The summed E-state index contributed by atoms with van der Waals surface area (Å²) < 4.78 is 0. The third kappa shape index (κ3) is 3.71. The predicted molar refractivity (Wildman–Crippen MR) is 101 cm³/mol. The van der Waals surface area contributed by atoms with E-state index in [4.69, 9.17) is 0 Å². The fourth-order valence-electron chi connectivity index (χ4n) is 3.63. The molecule has 0 spiro atoms. The molecule has 3 heterocycles. The van der Waals surface area contributed by atoms with E-state index in [-0.39, 0.29) is 12.1 Å². The quantitative estimate of drug-likeness (QED) is 0.828. The Kier molecular flexibility index (Phi) is 5.42. The molecular weight excluding hydrogens is 334 g/mol. The van der Waals surface area contributed by atoms with Crippen molar-refractivity contribution in [2.75, 3.05) is 11.9 Å². The maximum atomic E-state index is 13.1. The van der Waals surface area contributed by atoms with Gasteiger partial charge in [-0.15, -0.1) is 11.3 Å². The van der Waals surface area contributed by atoms with Gasteiger partial charge in [0.2, 0.25) is 0 Å². The zero-order valence-electron chi connectivity index (χ0n) is 15.4. The summed E-state index contributed by atoms with van der Waals surface area (Å²) in [7, 11) is 0. The topological polar surface area (TPSA) is 73.9 Å². The highest BCUT2D eigenvalue weighted by Crippen LogP contribution is 2.34. The van der Waals surface area contributed by atoms with E-state index >= 15 is 0 Å². The smallest absolute Gasteiger partial charge is 0.317 e. The number of aromatic nitrogens is 3. The SMILES string of the molecule is Cc1n[nH]c(C)c1C1CCCCCN1C(=O)Nc1ncsc1C(C)C. The molecule has 25 heavy (non-hydrogen) atoms. The highest BCUT2D eigenvalue weighted by Gasteiger charge is 2.30. The van der Waals surface area contributed by atoms with Crippen molar-refractivity contribution >= 4 is 23.2 Å². The van der Waals surface area contributed by atoms with Gasteiger partial charge in [0, 0.05) is 17.8 Å². The maximum Gasteiger partial charge on any atom is 0.323 e. The van der Waals surface area contributed by atoms with Crippen LogP contribution in [0.2, 0.25) is 0 Å². The van der Waals surface area contributed by atoms with Gasteiger partial charge in [-0.1, -0.05) is 26.7 Å². The van der Waals surface area contributed by atoms with E-state index in [1.165, 1.54) is 5.56 Å². The molecule has 1 fully saturated rings. The van der Waals surface area contributed by atoms with E-state index < -0.39 is 0 Å². The van der Waals surface area contributed by atoms with Crippen molar-refractivity contribution in [3.63, 3.8) is 0 Å². The van der Waals surface area contributed by atoms with Gasteiger partial charge in [-0.25, -0.2) is 9.78 Å². The summed E-state index contributed by atoms with van der Waals surface area (Å²) in [4.78, 5) is 20.5. The van der Waals surface area contributed by atoms with Crippen LogP contribution >= 0.6 is 11.3 Å². The van der Waals surface area contributed by atoms with Crippen molar-refractivity contribution in [2.24, 2.45) is 0 Å². The van der Waals surface area contributed by atoms with Gasteiger partial charge in [0.15, 0.2) is 0 Å². The van der Waals surface area contributed by atoms with Gasteiger partial charge in [-0.2, -0.15) is 5.10 Å². The summed E-state index contributed by atoms with van der Waals surface area (Å²) in [6.45, 7) is 9.05. The second kappa shape index (κ2) is 7.56. The second-order valence-electron chi connectivity index (χ2n) is 7.06. The minimum Gasteiger partial charge on any atom is -0.317 e. The fraction of sp³-hybridized carbons (Fsp3) is 0.611. The van der Waals surface area contributed by atoms with Crippen LogP contribution in [0.4, 0.5) is 10.6 Å². The number of carbonyl (C=O) groups excluding carboxylic acids is 1. The van der Waals surface area contributed by atoms with E-state index in [0.717, 1.165) is 48.5 Å². The molecule has 0 aromatic carbocycles. The molecule has 1 aliphatic rings. The van der Waals surface area contributed by atoms with Crippen molar-refractivity contribution in [2.45, 2.75) is 65.3 Å². The predicted octanol–water partition coefficient (Wildman–Crippen LogP) is 4.76. The number of nitrogens with one attached hydrogen (secondary N) is 2. The first kappa shape index (κ1) is 17.9. The van der Waals surface area contributed by atoms with Crippen LogP contribution in [0, 0.1) is 13.8 Å². The number of aromatic amines is 1. The molecule has 1 aliphatic heterocycles. The summed E-state index contributed by atoms with van der Waals surface area (Å²) in [5, 5.41) is 10.5. The molecule has 2 N–H and O–H groups in total. The minimum absolute atomic E-state index is 0.0558. The van der Waals surface area contributed by atoms with Gasteiger partial charge in [0.1, 0.15) is 5.82 Å². The van der Waals surface area contributed by atoms with Crippen LogP contribution in [0.15, 0.2) is 5.51 Å². The highest BCUT2D eigenvalue weighted by molar-refractivity contribution is 7.10. The van der Waals surface area contributed by atoms with Crippen molar-refractivity contribution in [1.29, 1.82) is 0 Å². The number of likely N-dealkylation sites (tertiary alicyclic amines) is 1. The monoisotopic (exact) mass is 361 g/mol. The Bertz CT molecular complexity index is 716. The van der Waals surface area contributed by atoms with E-state index in [0.29, 0.717) is 11.7 Å². The molecule has 0 radical (unpaired) electrons.